The minimum absolute atomic E-state index is 0.0385. The molecule has 1 amide bonds. The first-order chi connectivity index (χ1) is 16.3. The molecular formula is C22H24BrF3N6O2. The quantitative estimate of drug-likeness (QED) is 0.327. The highest BCUT2D eigenvalue weighted by Crippen LogP contribution is 2.41. The first-order valence-electron chi connectivity index (χ1n) is 10.9. The maximum atomic E-state index is 13.8. The van der Waals surface area contributed by atoms with Gasteiger partial charge in [-0.25, -0.2) is 14.8 Å². The zero-order chi connectivity index (χ0) is 24.3. The van der Waals surface area contributed by atoms with E-state index in [1.807, 2.05) is 6.92 Å². The lowest BCUT2D eigenvalue weighted by molar-refractivity contribution is -0.137. The van der Waals surface area contributed by atoms with Crippen LogP contribution >= 0.6 is 15.9 Å². The van der Waals surface area contributed by atoms with Gasteiger partial charge in [0.2, 0.25) is 5.95 Å². The molecule has 1 aromatic carbocycles. The third kappa shape index (κ3) is 5.27. The van der Waals surface area contributed by atoms with E-state index in [-0.39, 0.29) is 29.9 Å². The Balaban J connectivity index is 1.71. The van der Waals surface area contributed by atoms with Crippen molar-refractivity contribution in [1.29, 1.82) is 0 Å². The van der Waals surface area contributed by atoms with Gasteiger partial charge in [0.15, 0.2) is 0 Å². The summed E-state index contributed by atoms with van der Waals surface area (Å²) in [6, 6.07) is 3.26. The van der Waals surface area contributed by atoms with Crippen molar-refractivity contribution >= 4 is 44.6 Å². The number of hydrogen-bond acceptors (Lipinski definition) is 6. The number of halogens is 4. The molecule has 1 aliphatic heterocycles. The van der Waals surface area contributed by atoms with Crippen LogP contribution in [-0.4, -0.2) is 46.8 Å². The average molecular weight is 541 g/mol. The van der Waals surface area contributed by atoms with E-state index in [2.05, 4.69) is 46.8 Å². The normalized spacial score (nSPS) is 16.4. The molecule has 1 aliphatic rings. The number of carbonyl (C=O) groups is 1. The lowest BCUT2D eigenvalue weighted by atomic mass is 10.1. The minimum atomic E-state index is -4.63. The molecule has 0 radical (unpaired) electrons. The van der Waals surface area contributed by atoms with Gasteiger partial charge in [-0.1, -0.05) is 13.0 Å². The van der Waals surface area contributed by atoms with Crippen molar-refractivity contribution in [3.8, 4) is 11.3 Å². The van der Waals surface area contributed by atoms with E-state index in [9.17, 15) is 18.0 Å². The van der Waals surface area contributed by atoms with Crippen LogP contribution in [0.2, 0.25) is 0 Å². The molecule has 182 valence electrons. The van der Waals surface area contributed by atoms with Crippen molar-refractivity contribution in [2.75, 3.05) is 30.3 Å². The molecule has 1 unspecified atom stereocenters. The van der Waals surface area contributed by atoms with Gasteiger partial charge in [0, 0.05) is 35.9 Å². The smallest absolute Gasteiger partial charge is 0.419 e. The van der Waals surface area contributed by atoms with Gasteiger partial charge in [0.05, 0.1) is 28.0 Å². The molecule has 2 aromatic heterocycles. The number of anilines is 2. The van der Waals surface area contributed by atoms with Gasteiger partial charge in [-0.05, 0) is 47.8 Å². The predicted octanol–water partition coefficient (Wildman–Crippen LogP) is 5.53. The van der Waals surface area contributed by atoms with Crippen molar-refractivity contribution in [3.05, 3.63) is 34.6 Å². The molecule has 4 rings (SSSR count). The number of amides is 1. The number of carbonyl (C=O) groups excluding carboxylic acids is 1. The number of piperidine rings is 1. The number of ether oxygens (including phenoxy) is 1. The number of nitrogens with one attached hydrogen (secondary N) is 4. The fourth-order valence-corrected chi connectivity index (χ4v) is 4.38. The van der Waals surface area contributed by atoms with E-state index in [4.69, 9.17) is 4.74 Å². The minimum Gasteiger partial charge on any atom is -0.449 e. The third-order valence-electron chi connectivity index (χ3n) is 5.45. The molecule has 1 fully saturated rings. The van der Waals surface area contributed by atoms with Gasteiger partial charge < -0.3 is 20.4 Å². The number of rotatable bonds is 6. The Hall–Kier alpha value is -2.86. The van der Waals surface area contributed by atoms with Crippen LogP contribution < -0.4 is 16.0 Å². The Kier molecular flexibility index (Phi) is 7.27. The topological polar surface area (TPSA) is 104 Å². The van der Waals surface area contributed by atoms with Crippen LogP contribution in [0.15, 0.2) is 29.0 Å². The number of hydrogen-bond donors (Lipinski definition) is 4. The van der Waals surface area contributed by atoms with Crippen LogP contribution in [0.3, 0.4) is 0 Å². The van der Waals surface area contributed by atoms with E-state index in [1.54, 1.807) is 12.1 Å². The van der Waals surface area contributed by atoms with Gasteiger partial charge >= 0.3 is 12.3 Å². The van der Waals surface area contributed by atoms with Crippen molar-refractivity contribution in [2.24, 2.45) is 0 Å². The first-order valence-corrected chi connectivity index (χ1v) is 11.7. The fraction of sp³-hybridized carbons (Fsp3) is 0.409. The Morgan fingerprint density at radius 2 is 2.18 bits per heavy atom. The number of H-pyrrole nitrogens is 1. The monoisotopic (exact) mass is 540 g/mol. The molecule has 0 spiro atoms. The number of benzene rings is 1. The summed E-state index contributed by atoms with van der Waals surface area (Å²) < 4.78 is 47.0. The second kappa shape index (κ2) is 10.2. The van der Waals surface area contributed by atoms with Crippen LogP contribution in [0.4, 0.5) is 29.6 Å². The standard InChI is InChI=1S/C22H24BrF3N6O2/c1-2-8-34-21(33)31-16-6-5-13-14(10-28-19(13)17(16)23)18-15(22(24,25)26)11-29-20(32-18)30-12-4-3-7-27-9-12/h5-6,10-12,27-28H,2-4,7-9H2,1H3,(H,31,33)(H,29,30,32). The van der Waals surface area contributed by atoms with Crippen LogP contribution in [0.1, 0.15) is 31.7 Å². The SMILES string of the molecule is CCCOC(=O)Nc1ccc2c(-c3nc(NC4CCCNC4)ncc3C(F)(F)F)c[nH]c2c1Br. The zero-order valence-corrected chi connectivity index (χ0v) is 19.9. The molecule has 1 atom stereocenters. The maximum absolute atomic E-state index is 13.8. The first kappa shape index (κ1) is 24.3. The van der Waals surface area contributed by atoms with Crippen molar-refractivity contribution in [2.45, 2.75) is 38.4 Å². The molecule has 3 heterocycles. The summed E-state index contributed by atoms with van der Waals surface area (Å²) in [6.45, 7) is 3.76. The molecular weight excluding hydrogens is 517 g/mol. The molecule has 8 nitrogen and oxygen atoms in total. The lowest BCUT2D eigenvalue weighted by Crippen LogP contribution is -2.38. The zero-order valence-electron chi connectivity index (χ0n) is 18.4. The maximum Gasteiger partial charge on any atom is 0.419 e. The molecule has 12 heteroatoms. The number of aromatic nitrogens is 3. The van der Waals surface area contributed by atoms with Crippen molar-refractivity contribution < 1.29 is 22.7 Å². The Morgan fingerprint density at radius 3 is 2.88 bits per heavy atom. The number of fused-ring (bicyclic) bond motifs is 1. The van der Waals surface area contributed by atoms with Crippen molar-refractivity contribution in [3.63, 3.8) is 0 Å². The fourth-order valence-electron chi connectivity index (χ4n) is 3.82. The largest absolute Gasteiger partial charge is 0.449 e. The van der Waals surface area contributed by atoms with E-state index in [0.29, 0.717) is 34.0 Å². The van der Waals surface area contributed by atoms with Gasteiger partial charge in [-0.15, -0.1) is 0 Å². The van der Waals surface area contributed by atoms with Crippen LogP contribution in [0.5, 0.6) is 0 Å². The highest BCUT2D eigenvalue weighted by molar-refractivity contribution is 9.10. The molecule has 0 saturated carbocycles. The Morgan fingerprint density at radius 1 is 1.35 bits per heavy atom. The second-order valence-corrected chi connectivity index (χ2v) is 8.75. The summed E-state index contributed by atoms with van der Waals surface area (Å²) in [4.78, 5) is 23.1. The highest BCUT2D eigenvalue weighted by Gasteiger charge is 2.36. The van der Waals surface area contributed by atoms with Gasteiger partial charge in [0.1, 0.15) is 5.56 Å². The van der Waals surface area contributed by atoms with E-state index < -0.39 is 17.8 Å². The molecule has 3 aromatic rings. The molecule has 34 heavy (non-hydrogen) atoms. The molecule has 4 N–H and O–H groups in total. The number of aromatic amines is 1. The van der Waals surface area contributed by atoms with Crippen molar-refractivity contribution in [1.82, 2.24) is 20.3 Å². The Bertz CT molecular complexity index is 1180. The van der Waals surface area contributed by atoms with Crippen LogP contribution in [0.25, 0.3) is 22.2 Å². The van der Waals surface area contributed by atoms with Gasteiger partial charge in [-0.2, -0.15) is 13.2 Å². The average Bonchev–Trinajstić information content (AvgIpc) is 3.24. The highest BCUT2D eigenvalue weighted by atomic mass is 79.9. The number of alkyl halides is 3. The second-order valence-electron chi connectivity index (χ2n) is 7.95. The van der Waals surface area contributed by atoms with Crippen LogP contribution in [0, 0.1) is 0 Å². The van der Waals surface area contributed by atoms with Gasteiger partial charge in [0.25, 0.3) is 0 Å². The third-order valence-corrected chi connectivity index (χ3v) is 6.27. The molecule has 1 saturated heterocycles. The lowest BCUT2D eigenvalue weighted by Gasteiger charge is -2.24. The predicted molar refractivity (Wildman–Crippen MR) is 127 cm³/mol. The molecule has 0 aliphatic carbocycles. The summed E-state index contributed by atoms with van der Waals surface area (Å²) in [6.07, 6.45) is -0.440. The summed E-state index contributed by atoms with van der Waals surface area (Å²) in [5.74, 6) is 0.141. The van der Waals surface area contributed by atoms with Gasteiger partial charge in [-0.3, -0.25) is 5.32 Å². The Labute approximate surface area is 202 Å². The summed E-state index contributed by atoms with van der Waals surface area (Å²) in [5.41, 5.74) is 0.0569. The van der Waals surface area contributed by atoms with E-state index in [0.717, 1.165) is 25.6 Å². The molecule has 0 bridgehead atoms. The summed E-state index contributed by atoms with van der Waals surface area (Å²) in [5, 5.41) is 9.52. The van der Waals surface area contributed by atoms with E-state index >= 15 is 0 Å². The number of nitrogens with zero attached hydrogens (tertiary/aromatic N) is 2. The van der Waals surface area contributed by atoms with E-state index in [1.165, 1.54) is 6.20 Å². The summed E-state index contributed by atoms with van der Waals surface area (Å²) >= 11 is 3.43. The summed E-state index contributed by atoms with van der Waals surface area (Å²) in [7, 11) is 0. The van der Waals surface area contributed by atoms with Crippen LogP contribution in [-0.2, 0) is 10.9 Å².